The lowest BCUT2D eigenvalue weighted by Gasteiger charge is -2.28. The average molecular weight is 513 g/mol. The molecule has 0 radical (unpaired) electrons. The fourth-order valence-electron chi connectivity index (χ4n) is 4.86. The van der Waals surface area contributed by atoms with Crippen LogP contribution < -0.4 is 15.4 Å². The highest BCUT2D eigenvalue weighted by Gasteiger charge is 2.20. The maximum Gasteiger partial charge on any atom is 0.225 e. The summed E-state index contributed by atoms with van der Waals surface area (Å²) in [5.74, 6) is 3.41. The molecule has 0 saturated carbocycles. The number of nitrogens with zero attached hydrogens (tertiary/aromatic N) is 4. The van der Waals surface area contributed by atoms with Crippen LogP contribution in [0.4, 0.5) is 17.5 Å². The molecular weight excluding hydrogens is 476 g/mol. The Balaban J connectivity index is 1.25. The van der Waals surface area contributed by atoms with Crippen LogP contribution in [-0.4, -0.2) is 45.5 Å². The van der Waals surface area contributed by atoms with E-state index in [1.807, 2.05) is 35.9 Å². The third-order valence-corrected chi connectivity index (χ3v) is 7.21. The number of benzene rings is 2. The van der Waals surface area contributed by atoms with E-state index in [9.17, 15) is 4.79 Å². The Morgan fingerprint density at radius 2 is 1.84 bits per heavy atom. The van der Waals surface area contributed by atoms with Crippen molar-refractivity contribution < 1.29 is 9.53 Å². The summed E-state index contributed by atoms with van der Waals surface area (Å²) in [6.45, 7) is 6.46. The predicted octanol–water partition coefficient (Wildman–Crippen LogP) is 6.30. The molecule has 0 atom stereocenters. The fraction of sp³-hybridized carbons (Fsp3) is 0.367. The molecule has 2 aromatic carbocycles. The van der Waals surface area contributed by atoms with Crippen molar-refractivity contribution in [2.24, 2.45) is 13.0 Å². The number of aryl methyl sites for hydroxylation is 1. The zero-order valence-electron chi connectivity index (χ0n) is 22.6. The number of imidazole rings is 1. The Hall–Kier alpha value is -3.91. The van der Waals surface area contributed by atoms with Gasteiger partial charge in [-0.15, -0.1) is 0 Å². The van der Waals surface area contributed by atoms with Crippen molar-refractivity contribution in [2.75, 3.05) is 30.8 Å². The van der Waals surface area contributed by atoms with Crippen molar-refractivity contribution >= 4 is 34.4 Å². The number of ether oxygens (including phenoxy) is 1. The zero-order valence-corrected chi connectivity index (χ0v) is 22.6. The van der Waals surface area contributed by atoms with Crippen molar-refractivity contribution in [3.8, 4) is 11.5 Å². The molecule has 2 aromatic heterocycles. The van der Waals surface area contributed by atoms with Gasteiger partial charge in [-0.05, 0) is 80.7 Å². The molecule has 1 fully saturated rings. The lowest BCUT2D eigenvalue weighted by Crippen LogP contribution is -2.32. The molecular formula is C30H36N6O2. The summed E-state index contributed by atoms with van der Waals surface area (Å²) in [6, 6.07) is 17.8. The minimum absolute atomic E-state index is 0.00179. The van der Waals surface area contributed by atoms with Gasteiger partial charge in [-0.1, -0.05) is 26.0 Å². The molecule has 198 valence electrons. The quantitative estimate of drug-likeness (QED) is 0.288. The van der Waals surface area contributed by atoms with Crippen LogP contribution in [0.2, 0.25) is 0 Å². The monoisotopic (exact) mass is 512 g/mol. The topological polar surface area (TPSA) is 84.3 Å². The largest absolute Gasteiger partial charge is 0.457 e. The average Bonchev–Trinajstić information content (AvgIpc) is 3.20. The molecule has 3 heterocycles. The highest BCUT2D eigenvalue weighted by Crippen LogP contribution is 2.29. The van der Waals surface area contributed by atoms with Gasteiger partial charge >= 0.3 is 0 Å². The summed E-state index contributed by atoms with van der Waals surface area (Å²) in [5.41, 5.74) is 4.11. The van der Waals surface area contributed by atoms with Gasteiger partial charge < -0.3 is 24.8 Å². The van der Waals surface area contributed by atoms with Gasteiger partial charge in [0.1, 0.15) is 17.3 Å². The van der Waals surface area contributed by atoms with E-state index in [1.165, 1.54) is 5.56 Å². The Kier molecular flexibility index (Phi) is 7.60. The summed E-state index contributed by atoms with van der Waals surface area (Å²) in [4.78, 5) is 24.0. The molecule has 2 N–H and O–H groups in total. The van der Waals surface area contributed by atoms with E-state index in [1.54, 1.807) is 18.3 Å². The number of nitrogens with one attached hydrogen (secondary N) is 2. The van der Waals surface area contributed by atoms with Crippen molar-refractivity contribution in [3.63, 3.8) is 0 Å². The lowest BCUT2D eigenvalue weighted by molar-refractivity contribution is -0.117. The van der Waals surface area contributed by atoms with Crippen molar-refractivity contribution in [3.05, 3.63) is 66.4 Å². The van der Waals surface area contributed by atoms with Gasteiger partial charge in [-0.3, -0.25) is 4.79 Å². The fourth-order valence-corrected chi connectivity index (χ4v) is 4.86. The third-order valence-electron chi connectivity index (χ3n) is 7.21. The first-order chi connectivity index (χ1) is 18.3. The molecule has 38 heavy (non-hydrogen) atoms. The first kappa shape index (κ1) is 25.7. The maximum atomic E-state index is 12.6. The minimum Gasteiger partial charge on any atom is -0.457 e. The zero-order chi connectivity index (χ0) is 26.6. The van der Waals surface area contributed by atoms with E-state index < -0.39 is 0 Å². The molecule has 8 heteroatoms. The number of pyridine rings is 1. The normalized spacial score (nSPS) is 14.7. The Morgan fingerprint density at radius 3 is 2.63 bits per heavy atom. The number of fused-ring (bicyclic) bond motifs is 1. The predicted molar refractivity (Wildman–Crippen MR) is 152 cm³/mol. The molecule has 0 bridgehead atoms. The van der Waals surface area contributed by atoms with Crippen LogP contribution in [0.5, 0.6) is 11.5 Å². The summed E-state index contributed by atoms with van der Waals surface area (Å²) < 4.78 is 8.15. The number of hydrogen-bond donors (Lipinski definition) is 2. The van der Waals surface area contributed by atoms with Crippen molar-refractivity contribution in [1.82, 2.24) is 19.4 Å². The number of amides is 1. The van der Waals surface area contributed by atoms with E-state index in [4.69, 9.17) is 9.72 Å². The number of aromatic nitrogens is 3. The van der Waals surface area contributed by atoms with E-state index in [0.717, 1.165) is 48.6 Å². The summed E-state index contributed by atoms with van der Waals surface area (Å²) in [6.07, 6.45) is 4.28. The van der Waals surface area contributed by atoms with Gasteiger partial charge in [-0.25, -0.2) is 9.97 Å². The number of anilines is 3. The van der Waals surface area contributed by atoms with Gasteiger partial charge in [0, 0.05) is 37.5 Å². The standard InChI is InChI=1S/C30H36N6O2/c1-20(2)22-6-5-7-23(17-22)32-30-33-26-18-24(8-9-27(26)36(30)4)38-25-10-13-31-28(19-25)34-29(37)16-21-11-14-35(3)15-12-21/h5-10,13,17-21H,11-12,14-16H2,1-4H3,(H,32,33)(H,31,34,37). The lowest BCUT2D eigenvalue weighted by atomic mass is 9.93. The van der Waals surface area contributed by atoms with E-state index in [-0.39, 0.29) is 5.91 Å². The molecule has 4 aromatic rings. The van der Waals surface area contributed by atoms with Crippen LogP contribution in [0.1, 0.15) is 44.6 Å². The molecule has 5 rings (SSSR count). The van der Waals surface area contributed by atoms with Crippen LogP contribution >= 0.6 is 0 Å². The van der Waals surface area contributed by atoms with Crippen LogP contribution in [-0.2, 0) is 11.8 Å². The molecule has 0 spiro atoms. The molecule has 8 nitrogen and oxygen atoms in total. The SMILES string of the molecule is CC(C)c1cccc(Nc2nc3cc(Oc4ccnc(NC(=O)CC5CCN(C)CC5)c4)ccc3n2C)c1. The first-order valence-corrected chi connectivity index (χ1v) is 13.3. The van der Waals surface area contributed by atoms with Crippen LogP contribution in [0.15, 0.2) is 60.8 Å². The Labute approximate surface area is 224 Å². The second kappa shape index (κ2) is 11.2. The van der Waals surface area contributed by atoms with E-state index in [0.29, 0.717) is 35.6 Å². The number of carbonyl (C=O) groups is 1. The second-order valence-electron chi connectivity index (χ2n) is 10.5. The van der Waals surface area contributed by atoms with Gasteiger partial charge in [-0.2, -0.15) is 0 Å². The second-order valence-corrected chi connectivity index (χ2v) is 10.5. The van der Waals surface area contributed by atoms with E-state index in [2.05, 4.69) is 59.6 Å². The molecule has 1 aliphatic rings. The molecule has 1 aliphatic heterocycles. The van der Waals surface area contributed by atoms with Crippen LogP contribution in [0.3, 0.4) is 0 Å². The van der Waals surface area contributed by atoms with Crippen LogP contribution in [0.25, 0.3) is 11.0 Å². The summed E-state index contributed by atoms with van der Waals surface area (Å²) in [7, 11) is 4.12. The maximum absolute atomic E-state index is 12.6. The van der Waals surface area contributed by atoms with E-state index >= 15 is 0 Å². The van der Waals surface area contributed by atoms with Gasteiger partial charge in [0.15, 0.2) is 0 Å². The minimum atomic E-state index is -0.00179. The summed E-state index contributed by atoms with van der Waals surface area (Å²) in [5, 5.41) is 6.38. The summed E-state index contributed by atoms with van der Waals surface area (Å²) >= 11 is 0. The molecule has 1 saturated heterocycles. The number of hydrogen-bond acceptors (Lipinski definition) is 6. The van der Waals surface area contributed by atoms with Crippen molar-refractivity contribution in [1.29, 1.82) is 0 Å². The van der Waals surface area contributed by atoms with Gasteiger partial charge in [0.2, 0.25) is 11.9 Å². The Bertz CT molecular complexity index is 1420. The Morgan fingerprint density at radius 1 is 1.05 bits per heavy atom. The number of likely N-dealkylation sites (tertiary alicyclic amines) is 1. The van der Waals surface area contributed by atoms with Gasteiger partial charge in [0.25, 0.3) is 0 Å². The molecule has 0 unspecified atom stereocenters. The first-order valence-electron chi connectivity index (χ1n) is 13.3. The molecule has 0 aliphatic carbocycles. The molecule has 1 amide bonds. The van der Waals surface area contributed by atoms with Gasteiger partial charge in [0.05, 0.1) is 11.0 Å². The number of piperidine rings is 1. The van der Waals surface area contributed by atoms with Crippen LogP contribution in [0, 0.1) is 5.92 Å². The highest BCUT2D eigenvalue weighted by molar-refractivity contribution is 5.90. The number of rotatable bonds is 8. The highest BCUT2D eigenvalue weighted by atomic mass is 16.5. The third kappa shape index (κ3) is 6.14. The number of carbonyl (C=O) groups excluding carboxylic acids is 1. The smallest absolute Gasteiger partial charge is 0.225 e. The van der Waals surface area contributed by atoms with Crippen molar-refractivity contribution in [2.45, 2.75) is 39.0 Å².